The van der Waals surface area contributed by atoms with Gasteiger partial charge in [0.05, 0.1) is 33.0 Å². The predicted molar refractivity (Wildman–Crippen MR) is 193 cm³/mol. The molecular formula is C39H47FN2O6Si. The lowest BCUT2D eigenvalue weighted by Crippen LogP contribution is -2.53. The standard InChI is InChI=1S/C39H47FN2O6Si/c1-26-24-42(37(44)41-36(26)43)33-23-14-27(35(34(33)40)48-49(7,8)38(2,3)4)25-47-39(28-12-10-9-11-13-28,29-15-19-31(45-5)20-16-29)30-17-21-32(46-6)22-18-30/h9-24,27,33-35H,25H2,1-8H3,(H,41,43,44)/t27-,33-,34+,35-/m1/s1. The normalized spacial score (nSPS) is 19.9. The molecule has 4 atom stereocenters. The molecule has 1 aromatic heterocycles. The Bertz CT molecular complexity index is 1820. The average Bonchev–Trinajstić information content (AvgIpc) is 3.08. The van der Waals surface area contributed by atoms with Gasteiger partial charge in [-0.05, 0) is 66.0 Å². The molecule has 0 aliphatic heterocycles. The highest BCUT2D eigenvalue weighted by atomic mass is 28.4. The van der Waals surface area contributed by atoms with Crippen molar-refractivity contribution in [3.05, 3.63) is 140 Å². The molecule has 0 saturated carbocycles. The van der Waals surface area contributed by atoms with Crippen molar-refractivity contribution in [2.45, 2.75) is 69.7 Å². The lowest BCUT2D eigenvalue weighted by Gasteiger charge is -2.45. The summed E-state index contributed by atoms with van der Waals surface area (Å²) in [5, 5.41) is -0.208. The second-order valence-electron chi connectivity index (χ2n) is 14.1. The Morgan fingerprint density at radius 3 is 1.86 bits per heavy atom. The molecular weight excluding hydrogens is 640 g/mol. The molecule has 0 saturated heterocycles. The second-order valence-corrected chi connectivity index (χ2v) is 18.9. The van der Waals surface area contributed by atoms with Crippen LogP contribution in [0, 0.1) is 12.8 Å². The average molecular weight is 687 g/mol. The summed E-state index contributed by atoms with van der Waals surface area (Å²) >= 11 is 0. The summed E-state index contributed by atoms with van der Waals surface area (Å²) in [6, 6.07) is 24.5. The summed E-state index contributed by atoms with van der Waals surface area (Å²) in [5.41, 5.74) is 0.649. The maximum absolute atomic E-state index is 17.0. The number of allylic oxidation sites excluding steroid dienone is 1. The maximum Gasteiger partial charge on any atom is 0.328 e. The predicted octanol–water partition coefficient (Wildman–Crippen LogP) is 7.33. The Labute approximate surface area is 288 Å². The van der Waals surface area contributed by atoms with E-state index in [0.717, 1.165) is 16.7 Å². The van der Waals surface area contributed by atoms with Crippen LogP contribution >= 0.6 is 0 Å². The lowest BCUT2D eigenvalue weighted by molar-refractivity contribution is -0.0479. The molecule has 3 aromatic carbocycles. The third-order valence-corrected chi connectivity index (χ3v) is 14.5. The number of aromatic nitrogens is 2. The maximum atomic E-state index is 17.0. The van der Waals surface area contributed by atoms with Gasteiger partial charge in [-0.25, -0.2) is 9.18 Å². The van der Waals surface area contributed by atoms with Gasteiger partial charge < -0.3 is 18.6 Å². The van der Waals surface area contributed by atoms with E-state index < -0.39 is 49.4 Å². The third kappa shape index (κ3) is 7.22. The van der Waals surface area contributed by atoms with Gasteiger partial charge in [-0.3, -0.25) is 14.3 Å². The molecule has 260 valence electrons. The molecule has 8 nitrogen and oxygen atoms in total. The van der Waals surface area contributed by atoms with Gasteiger partial charge in [0, 0.05) is 17.7 Å². The minimum Gasteiger partial charge on any atom is -0.497 e. The molecule has 5 rings (SSSR count). The van der Waals surface area contributed by atoms with Crippen molar-refractivity contribution in [2.75, 3.05) is 20.8 Å². The van der Waals surface area contributed by atoms with E-state index in [1.807, 2.05) is 84.9 Å². The summed E-state index contributed by atoms with van der Waals surface area (Å²) in [4.78, 5) is 27.4. The van der Waals surface area contributed by atoms with Crippen LogP contribution in [0.1, 0.15) is 49.1 Å². The minimum atomic E-state index is -2.53. The first-order chi connectivity index (χ1) is 23.2. The van der Waals surface area contributed by atoms with Crippen molar-refractivity contribution < 1.29 is 23.0 Å². The van der Waals surface area contributed by atoms with Gasteiger partial charge in [0.1, 0.15) is 23.3 Å². The molecule has 1 heterocycles. The first-order valence-corrected chi connectivity index (χ1v) is 19.4. The van der Waals surface area contributed by atoms with Gasteiger partial charge in [0.2, 0.25) is 0 Å². The first-order valence-electron chi connectivity index (χ1n) is 16.5. The fourth-order valence-corrected chi connectivity index (χ4v) is 7.41. The van der Waals surface area contributed by atoms with E-state index in [0.29, 0.717) is 17.1 Å². The van der Waals surface area contributed by atoms with Crippen molar-refractivity contribution >= 4 is 8.32 Å². The molecule has 1 aliphatic rings. The van der Waals surface area contributed by atoms with Crippen LogP contribution in [-0.4, -0.2) is 51.0 Å². The van der Waals surface area contributed by atoms with Crippen LogP contribution < -0.4 is 20.7 Å². The molecule has 1 aliphatic carbocycles. The number of halogens is 1. The van der Waals surface area contributed by atoms with E-state index >= 15 is 4.39 Å². The highest BCUT2D eigenvalue weighted by molar-refractivity contribution is 6.74. The van der Waals surface area contributed by atoms with E-state index in [4.69, 9.17) is 18.6 Å². The summed E-state index contributed by atoms with van der Waals surface area (Å²) in [6.07, 6.45) is 2.45. The van der Waals surface area contributed by atoms with E-state index in [-0.39, 0.29) is 11.6 Å². The van der Waals surface area contributed by atoms with Gasteiger partial charge in [-0.2, -0.15) is 0 Å². The van der Waals surface area contributed by atoms with E-state index in [9.17, 15) is 9.59 Å². The van der Waals surface area contributed by atoms with Crippen LogP contribution in [0.2, 0.25) is 18.1 Å². The Balaban J connectivity index is 1.64. The number of nitrogens with one attached hydrogen (secondary N) is 1. The Morgan fingerprint density at radius 1 is 0.816 bits per heavy atom. The third-order valence-electron chi connectivity index (χ3n) is 9.99. The fraction of sp³-hybridized carbons (Fsp3) is 0.385. The second kappa shape index (κ2) is 14.3. The van der Waals surface area contributed by atoms with Crippen molar-refractivity contribution in [3.8, 4) is 11.5 Å². The number of hydrogen-bond donors (Lipinski definition) is 1. The zero-order valence-corrected chi connectivity index (χ0v) is 30.5. The highest BCUT2D eigenvalue weighted by Gasteiger charge is 2.47. The fourth-order valence-electron chi connectivity index (χ4n) is 6.07. The molecule has 0 fully saturated rings. The van der Waals surface area contributed by atoms with Crippen LogP contribution in [0.15, 0.2) is 107 Å². The van der Waals surface area contributed by atoms with Crippen LogP contribution in [0.25, 0.3) is 0 Å². The molecule has 0 amide bonds. The zero-order chi connectivity index (χ0) is 35.6. The molecule has 4 aromatic rings. The van der Waals surface area contributed by atoms with Gasteiger partial charge in [-0.1, -0.05) is 87.5 Å². The van der Waals surface area contributed by atoms with E-state index in [1.54, 1.807) is 27.2 Å². The molecule has 1 N–H and O–H groups in total. The lowest BCUT2D eigenvalue weighted by atomic mass is 9.79. The SMILES string of the molecule is COc1ccc(C(OC[C@H]2C=C[C@@H](n3cc(C)c(=O)[nH]c3=O)[C@H](F)[C@@H]2O[Si](C)(C)C(C)(C)C)(c2ccccc2)c2ccc(OC)cc2)cc1. The Morgan fingerprint density at radius 2 is 1.35 bits per heavy atom. The van der Waals surface area contributed by atoms with E-state index in [2.05, 4.69) is 38.8 Å². The smallest absolute Gasteiger partial charge is 0.328 e. The van der Waals surface area contributed by atoms with Crippen LogP contribution in [0.4, 0.5) is 4.39 Å². The Kier molecular flexibility index (Phi) is 10.5. The topological polar surface area (TPSA) is 91.8 Å². The van der Waals surface area contributed by atoms with Gasteiger partial charge in [-0.15, -0.1) is 0 Å². The number of hydrogen-bond acceptors (Lipinski definition) is 6. The highest BCUT2D eigenvalue weighted by Crippen LogP contribution is 2.45. The molecule has 0 bridgehead atoms. The first kappa shape index (κ1) is 36.0. The largest absolute Gasteiger partial charge is 0.497 e. The van der Waals surface area contributed by atoms with Crippen molar-refractivity contribution in [1.82, 2.24) is 9.55 Å². The number of ether oxygens (including phenoxy) is 3. The Hall–Kier alpha value is -4.25. The van der Waals surface area contributed by atoms with Gasteiger partial charge in [0.15, 0.2) is 8.32 Å². The van der Waals surface area contributed by atoms with Gasteiger partial charge in [0.25, 0.3) is 5.56 Å². The van der Waals surface area contributed by atoms with Crippen molar-refractivity contribution in [1.29, 1.82) is 0 Å². The quantitative estimate of drug-likeness (QED) is 0.101. The minimum absolute atomic E-state index is 0.0927. The molecule has 10 heteroatoms. The van der Waals surface area contributed by atoms with E-state index in [1.165, 1.54) is 10.8 Å². The number of nitrogens with zero attached hydrogens (tertiary/aromatic N) is 1. The monoisotopic (exact) mass is 686 g/mol. The number of aryl methyl sites for hydroxylation is 1. The molecule has 49 heavy (non-hydrogen) atoms. The number of rotatable bonds is 11. The summed E-state index contributed by atoms with van der Waals surface area (Å²) in [6.45, 7) is 12.2. The summed E-state index contributed by atoms with van der Waals surface area (Å²) in [7, 11) is 0.721. The van der Waals surface area contributed by atoms with Crippen LogP contribution in [0.3, 0.4) is 0 Å². The summed E-state index contributed by atoms with van der Waals surface area (Å²) in [5.74, 6) is 0.898. The van der Waals surface area contributed by atoms with Crippen molar-refractivity contribution in [2.24, 2.45) is 5.92 Å². The number of methoxy groups -OCH3 is 2. The number of H-pyrrole nitrogens is 1. The summed E-state index contributed by atoms with van der Waals surface area (Å²) < 4.78 is 43.3. The molecule has 0 radical (unpaired) electrons. The molecule has 0 unspecified atom stereocenters. The zero-order valence-electron chi connectivity index (χ0n) is 29.5. The number of alkyl halides is 1. The number of benzene rings is 3. The van der Waals surface area contributed by atoms with Crippen LogP contribution in [0.5, 0.6) is 11.5 Å². The van der Waals surface area contributed by atoms with Gasteiger partial charge >= 0.3 is 5.69 Å². The number of aromatic amines is 1. The molecule has 0 spiro atoms. The van der Waals surface area contributed by atoms with Crippen molar-refractivity contribution in [3.63, 3.8) is 0 Å². The van der Waals surface area contributed by atoms with Crippen LogP contribution in [-0.2, 0) is 14.8 Å².